The van der Waals surface area contributed by atoms with Crippen molar-refractivity contribution in [2.45, 2.75) is 25.2 Å². The monoisotopic (exact) mass is 383 g/mol. The fourth-order valence-corrected chi connectivity index (χ4v) is 4.33. The average molecular weight is 383 g/mol. The molecule has 1 heterocycles. The Morgan fingerprint density at radius 2 is 2.00 bits per heavy atom. The number of sulfonamides is 1. The third kappa shape index (κ3) is 5.00. The number of amides is 1. The molecule has 1 aromatic carbocycles. The van der Waals surface area contributed by atoms with Gasteiger partial charge in [-0.15, -0.1) is 11.3 Å². The summed E-state index contributed by atoms with van der Waals surface area (Å²) in [5.41, 5.74) is 0. The zero-order valence-corrected chi connectivity index (χ0v) is 16.0. The van der Waals surface area contributed by atoms with Gasteiger partial charge in [-0.1, -0.05) is 6.92 Å². The van der Waals surface area contributed by atoms with Crippen LogP contribution < -0.4 is 10.1 Å². The number of rotatable bonds is 8. The fourth-order valence-electron chi connectivity index (χ4n) is 2.16. The van der Waals surface area contributed by atoms with Gasteiger partial charge in [0.25, 0.3) is 0 Å². The molecule has 2 rings (SSSR count). The summed E-state index contributed by atoms with van der Waals surface area (Å²) in [6, 6.07) is 6.10. The number of thiazole rings is 1. The average Bonchev–Trinajstić information content (AvgIpc) is 2.99. The molecule has 1 aromatic heterocycles. The van der Waals surface area contributed by atoms with Crippen LogP contribution in [0.1, 0.15) is 18.2 Å². The quantitative estimate of drug-likeness (QED) is 0.757. The van der Waals surface area contributed by atoms with Gasteiger partial charge < -0.3 is 10.1 Å². The second kappa shape index (κ2) is 8.41. The molecule has 0 saturated carbocycles. The Morgan fingerprint density at radius 3 is 2.52 bits per heavy atom. The summed E-state index contributed by atoms with van der Waals surface area (Å²) in [5.74, 6) is 0.151. The molecule has 0 saturated heterocycles. The maximum atomic E-state index is 12.8. The summed E-state index contributed by atoms with van der Waals surface area (Å²) in [4.78, 5) is 17.4. The number of aryl methyl sites for hydroxylation is 1. The Bertz CT molecular complexity index is 816. The first-order chi connectivity index (χ1) is 11.9. The van der Waals surface area contributed by atoms with E-state index in [2.05, 4.69) is 10.3 Å². The number of hydrogen-bond acceptors (Lipinski definition) is 6. The largest absolute Gasteiger partial charge is 0.497 e. The van der Waals surface area contributed by atoms with Gasteiger partial charge in [0.2, 0.25) is 15.9 Å². The van der Waals surface area contributed by atoms with E-state index in [1.807, 2.05) is 13.8 Å². The molecule has 9 heteroatoms. The van der Waals surface area contributed by atoms with Crippen LogP contribution in [0.15, 0.2) is 35.4 Å². The number of ether oxygens (including phenoxy) is 1. The minimum absolute atomic E-state index is 0.125. The third-order valence-electron chi connectivity index (χ3n) is 3.36. The molecule has 2 aromatic rings. The van der Waals surface area contributed by atoms with E-state index in [0.29, 0.717) is 17.3 Å². The van der Waals surface area contributed by atoms with E-state index in [-0.39, 0.29) is 18.0 Å². The highest BCUT2D eigenvalue weighted by atomic mass is 32.2. The van der Waals surface area contributed by atoms with Gasteiger partial charge >= 0.3 is 0 Å². The van der Waals surface area contributed by atoms with Crippen LogP contribution in [-0.2, 0) is 14.8 Å². The molecule has 0 fully saturated rings. The SMILES string of the molecule is CCCN(CC(=O)Nc1ncc(C)s1)S(=O)(=O)c1ccc(OC)cc1. The lowest BCUT2D eigenvalue weighted by molar-refractivity contribution is -0.116. The lowest BCUT2D eigenvalue weighted by atomic mass is 10.3. The maximum absolute atomic E-state index is 12.8. The number of aromatic nitrogens is 1. The smallest absolute Gasteiger partial charge is 0.243 e. The zero-order valence-electron chi connectivity index (χ0n) is 14.4. The van der Waals surface area contributed by atoms with Crippen molar-refractivity contribution in [3.05, 3.63) is 35.3 Å². The van der Waals surface area contributed by atoms with Crippen LogP contribution in [0.25, 0.3) is 0 Å². The molecule has 0 spiro atoms. The minimum Gasteiger partial charge on any atom is -0.497 e. The molecule has 7 nitrogen and oxygen atoms in total. The zero-order chi connectivity index (χ0) is 18.4. The van der Waals surface area contributed by atoms with E-state index < -0.39 is 15.9 Å². The van der Waals surface area contributed by atoms with Gasteiger partial charge in [0.1, 0.15) is 5.75 Å². The molecule has 0 radical (unpaired) electrons. The number of benzene rings is 1. The molecule has 0 aliphatic rings. The van der Waals surface area contributed by atoms with Crippen LogP contribution >= 0.6 is 11.3 Å². The number of carbonyl (C=O) groups excluding carboxylic acids is 1. The highest BCUT2D eigenvalue weighted by molar-refractivity contribution is 7.89. The van der Waals surface area contributed by atoms with Crippen molar-refractivity contribution in [1.29, 1.82) is 0 Å². The molecular formula is C16H21N3O4S2. The van der Waals surface area contributed by atoms with Gasteiger partial charge in [-0.25, -0.2) is 13.4 Å². The number of nitrogens with one attached hydrogen (secondary N) is 1. The van der Waals surface area contributed by atoms with Crippen LogP contribution in [0.4, 0.5) is 5.13 Å². The summed E-state index contributed by atoms with van der Waals surface area (Å²) in [7, 11) is -2.26. The predicted octanol–water partition coefficient (Wildman–Crippen LogP) is 2.50. The highest BCUT2D eigenvalue weighted by Crippen LogP contribution is 2.20. The van der Waals surface area contributed by atoms with E-state index in [9.17, 15) is 13.2 Å². The number of anilines is 1. The topological polar surface area (TPSA) is 88.6 Å². The summed E-state index contributed by atoms with van der Waals surface area (Å²) in [5, 5.41) is 3.09. The molecular weight excluding hydrogens is 362 g/mol. The molecule has 1 N–H and O–H groups in total. The van der Waals surface area contributed by atoms with E-state index in [1.54, 1.807) is 18.3 Å². The Balaban J connectivity index is 2.15. The van der Waals surface area contributed by atoms with Crippen LogP contribution in [0, 0.1) is 6.92 Å². The highest BCUT2D eigenvalue weighted by Gasteiger charge is 2.26. The second-order valence-corrected chi connectivity index (χ2v) is 8.51. The molecule has 0 bridgehead atoms. The van der Waals surface area contributed by atoms with Crippen LogP contribution in [0.2, 0.25) is 0 Å². The lowest BCUT2D eigenvalue weighted by Gasteiger charge is -2.21. The number of nitrogens with zero attached hydrogens (tertiary/aromatic N) is 2. The normalized spacial score (nSPS) is 11.5. The van der Waals surface area contributed by atoms with Crippen molar-refractivity contribution in [3.8, 4) is 5.75 Å². The Kier molecular flexibility index (Phi) is 6.51. The van der Waals surface area contributed by atoms with Crippen LogP contribution in [0.5, 0.6) is 5.75 Å². The Hall–Kier alpha value is -1.97. The molecule has 0 atom stereocenters. The van der Waals surface area contributed by atoms with Gasteiger partial charge in [-0.3, -0.25) is 4.79 Å². The van der Waals surface area contributed by atoms with Crippen LogP contribution in [-0.4, -0.2) is 43.8 Å². The minimum atomic E-state index is -3.77. The number of hydrogen-bond donors (Lipinski definition) is 1. The molecule has 0 aliphatic carbocycles. The third-order valence-corrected chi connectivity index (χ3v) is 6.05. The summed E-state index contributed by atoms with van der Waals surface area (Å²) in [6.45, 7) is 3.73. The Morgan fingerprint density at radius 1 is 1.32 bits per heavy atom. The first kappa shape index (κ1) is 19.4. The predicted molar refractivity (Wildman–Crippen MR) is 97.5 cm³/mol. The number of carbonyl (C=O) groups is 1. The molecule has 25 heavy (non-hydrogen) atoms. The maximum Gasteiger partial charge on any atom is 0.243 e. The summed E-state index contributed by atoms with van der Waals surface area (Å²) >= 11 is 1.34. The lowest BCUT2D eigenvalue weighted by Crippen LogP contribution is -2.38. The number of methoxy groups -OCH3 is 1. The first-order valence-electron chi connectivity index (χ1n) is 7.73. The van der Waals surface area contributed by atoms with E-state index in [1.165, 1.54) is 34.9 Å². The van der Waals surface area contributed by atoms with Gasteiger partial charge in [0.05, 0.1) is 18.6 Å². The van der Waals surface area contributed by atoms with Gasteiger partial charge in [0.15, 0.2) is 5.13 Å². The van der Waals surface area contributed by atoms with E-state index in [0.717, 1.165) is 4.88 Å². The standard InChI is InChI=1S/C16H21N3O4S2/c1-4-9-19(11-15(20)18-16-17-10-12(2)24-16)25(21,22)14-7-5-13(23-3)6-8-14/h5-8,10H,4,9,11H2,1-3H3,(H,17,18,20). The second-order valence-electron chi connectivity index (χ2n) is 5.34. The summed E-state index contributed by atoms with van der Waals surface area (Å²) in [6.07, 6.45) is 2.25. The fraction of sp³-hybridized carbons (Fsp3) is 0.375. The summed E-state index contributed by atoms with van der Waals surface area (Å²) < 4.78 is 31.8. The Labute approximate surface area is 151 Å². The van der Waals surface area contributed by atoms with Crippen molar-refractivity contribution >= 4 is 32.4 Å². The van der Waals surface area contributed by atoms with Gasteiger partial charge in [-0.2, -0.15) is 4.31 Å². The molecule has 0 aliphatic heterocycles. The van der Waals surface area contributed by atoms with Gasteiger partial charge in [0, 0.05) is 17.6 Å². The van der Waals surface area contributed by atoms with E-state index in [4.69, 9.17) is 4.74 Å². The van der Waals surface area contributed by atoms with Crippen molar-refractivity contribution < 1.29 is 17.9 Å². The molecule has 1 amide bonds. The molecule has 0 unspecified atom stereocenters. The first-order valence-corrected chi connectivity index (χ1v) is 9.99. The van der Waals surface area contributed by atoms with Crippen molar-refractivity contribution in [1.82, 2.24) is 9.29 Å². The van der Waals surface area contributed by atoms with Crippen molar-refractivity contribution in [3.63, 3.8) is 0 Å². The molecule has 136 valence electrons. The van der Waals surface area contributed by atoms with Crippen molar-refractivity contribution in [2.24, 2.45) is 0 Å². The van der Waals surface area contributed by atoms with Crippen molar-refractivity contribution in [2.75, 3.05) is 25.5 Å². The van der Waals surface area contributed by atoms with Gasteiger partial charge in [-0.05, 0) is 37.6 Å². The van der Waals surface area contributed by atoms with E-state index >= 15 is 0 Å². The van der Waals surface area contributed by atoms with Crippen LogP contribution in [0.3, 0.4) is 0 Å².